The number of carbonyl (C=O) groups is 1. The highest BCUT2D eigenvalue weighted by Crippen LogP contribution is 2.40. The van der Waals surface area contributed by atoms with Gasteiger partial charge in [-0.15, -0.1) is 0 Å². The molecule has 132 valence electrons. The van der Waals surface area contributed by atoms with Crippen LogP contribution in [0.4, 0.5) is 4.39 Å². The number of amides is 1. The zero-order valence-corrected chi connectivity index (χ0v) is 14.4. The van der Waals surface area contributed by atoms with Crippen LogP contribution in [0.2, 0.25) is 5.02 Å². The van der Waals surface area contributed by atoms with Gasteiger partial charge >= 0.3 is 0 Å². The number of ether oxygens (including phenoxy) is 1. The first-order valence-corrected chi connectivity index (χ1v) is 8.88. The Morgan fingerprint density at radius 3 is 2.60 bits per heavy atom. The van der Waals surface area contributed by atoms with Gasteiger partial charge in [-0.25, -0.2) is 4.39 Å². The second-order valence-electron chi connectivity index (χ2n) is 6.67. The lowest BCUT2D eigenvalue weighted by Crippen LogP contribution is -2.48. The summed E-state index contributed by atoms with van der Waals surface area (Å²) in [6, 6.07) is 6.77. The van der Waals surface area contributed by atoms with Gasteiger partial charge in [0.25, 0.3) is 5.91 Å². The molecule has 7 heteroatoms. The Labute approximate surface area is 150 Å². The Morgan fingerprint density at radius 2 is 1.96 bits per heavy atom. The average Bonchev–Trinajstić information content (AvgIpc) is 3.15. The Morgan fingerprint density at radius 1 is 1.24 bits per heavy atom. The molecule has 3 heterocycles. The first kappa shape index (κ1) is 16.4. The number of hydrogen-bond donors (Lipinski definition) is 0. The van der Waals surface area contributed by atoms with Crippen molar-refractivity contribution in [2.75, 3.05) is 6.61 Å². The second kappa shape index (κ2) is 6.67. The van der Waals surface area contributed by atoms with Crippen LogP contribution in [0, 0.1) is 5.82 Å². The molecule has 5 nitrogen and oxygen atoms in total. The fraction of sp³-hybridized carbons (Fsp3) is 0.444. The molecule has 2 atom stereocenters. The molecule has 0 N–H and O–H groups in total. The van der Waals surface area contributed by atoms with Crippen molar-refractivity contribution in [2.24, 2.45) is 0 Å². The maximum absolute atomic E-state index is 13.6. The summed E-state index contributed by atoms with van der Waals surface area (Å²) >= 11 is 5.96. The lowest BCUT2D eigenvalue weighted by atomic mass is 9.97. The molecule has 1 aromatic heterocycles. The molecule has 0 saturated carbocycles. The van der Waals surface area contributed by atoms with E-state index in [4.69, 9.17) is 16.3 Å². The molecule has 0 radical (unpaired) electrons. The average molecular weight is 364 g/mol. The van der Waals surface area contributed by atoms with Crippen molar-refractivity contribution in [1.82, 2.24) is 14.7 Å². The number of halogens is 2. The zero-order chi connectivity index (χ0) is 17.4. The van der Waals surface area contributed by atoms with Crippen LogP contribution in [0.1, 0.15) is 31.7 Å². The standard InChI is InChI=1S/C18H19ClFN3O2/c19-12-9-21-22(10-12)15-7-13-5-6-14(8-15)23(13)18(24)11-25-17-4-2-1-3-16(17)20/h1-4,9-10,13-15H,5-8,11H2. The van der Waals surface area contributed by atoms with Gasteiger partial charge in [0, 0.05) is 18.3 Å². The van der Waals surface area contributed by atoms with Crippen molar-refractivity contribution in [3.05, 3.63) is 47.5 Å². The number of benzene rings is 1. The molecule has 2 bridgehead atoms. The summed E-state index contributed by atoms with van der Waals surface area (Å²) < 4.78 is 20.9. The number of hydrogen-bond acceptors (Lipinski definition) is 3. The van der Waals surface area contributed by atoms with Crippen LogP contribution in [0.3, 0.4) is 0 Å². The number of fused-ring (bicyclic) bond motifs is 2. The first-order valence-electron chi connectivity index (χ1n) is 8.50. The molecule has 2 unspecified atom stereocenters. The molecule has 2 aliphatic rings. The van der Waals surface area contributed by atoms with Crippen LogP contribution in [-0.4, -0.2) is 39.3 Å². The summed E-state index contributed by atoms with van der Waals surface area (Å²) in [5.74, 6) is -0.412. The molecule has 2 aliphatic heterocycles. The van der Waals surface area contributed by atoms with E-state index in [-0.39, 0.29) is 36.4 Å². The predicted octanol–water partition coefficient (Wildman–Crippen LogP) is 3.45. The smallest absolute Gasteiger partial charge is 0.261 e. The molecule has 4 rings (SSSR count). The Bertz CT molecular complexity index is 767. The van der Waals surface area contributed by atoms with E-state index in [9.17, 15) is 9.18 Å². The number of rotatable bonds is 4. The van der Waals surface area contributed by atoms with Crippen LogP contribution >= 0.6 is 11.6 Å². The van der Waals surface area contributed by atoms with Crippen molar-refractivity contribution in [1.29, 1.82) is 0 Å². The summed E-state index contributed by atoms with van der Waals surface area (Å²) in [6.07, 6.45) is 7.18. The molecular weight excluding hydrogens is 345 g/mol. The van der Waals surface area contributed by atoms with E-state index in [1.807, 2.05) is 15.8 Å². The first-order chi connectivity index (χ1) is 12.1. The van der Waals surface area contributed by atoms with Crippen LogP contribution in [-0.2, 0) is 4.79 Å². The maximum Gasteiger partial charge on any atom is 0.261 e. The molecule has 1 amide bonds. The quantitative estimate of drug-likeness (QED) is 0.836. The molecule has 0 spiro atoms. The summed E-state index contributed by atoms with van der Waals surface area (Å²) in [6.45, 7) is -0.133. The monoisotopic (exact) mass is 363 g/mol. The summed E-state index contributed by atoms with van der Waals surface area (Å²) in [5, 5.41) is 4.94. The minimum atomic E-state index is -0.451. The van der Waals surface area contributed by atoms with Crippen molar-refractivity contribution in [3.63, 3.8) is 0 Å². The highest BCUT2D eigenvalue weighted by atomic mass is 35.5. The molecule has 2 aromatic rings. The highest BCUT2D eigenvalue weighted by Gasteiger charge is 2.43. The van der Waals surface area contributed by atoms with Gasteiger partial charge in [-0.3, -0.25) is 9.48 Å². The molecule has 25 heavy (non-hydrogen) atoms. The summed E-state index contributed by atoms with van der Waals surface area (Å²) in [7, 11) is 0. The SMILES string of the molecule is O=C(COc1ccccc1F)N1C2CCC1CC(n1cc(Cl)cn1)C2. The van der Waals surface area contributed by atoms with Gasteiger partial charge in [-0.1, -0.05) is 23.7 Å². The molecule has 1 aromatic carbocycles. The molecule has 0 aliphatic carbocycles. The fourth-order valence-electron chi connectivity index (χ4n) is 4.06. The lowest BCUT2D eigenvalue weighted by molar-refractivity contribution is -0.138. The largest absolute Gasteiger partial charge is 0.481 e. The minimum absolute atomic E-state index is 0.0762. The third-order valence-corrected chi connectivity index (χ3v) is 5.32. The molecule has 2 saturated heterocycles. The number of nitrogens with zero attached hydrogens (tertiary/aromatic N) is 3. The highest BCUT2D eigenvalue weighted by molar-refractivity contribution is 6.30. The Balaban J connectivity index is 1.40. The number of para-hydroxylation sites is 1. The normalized spacial score (nSPS) is 25.2. The maximum atomic E-state index is 13.6. The van der Waals surface area contributed by atoms with Crippen molar-refractivity contribution in [3.8, 4) is 5.75 Å². The van der Waals surface area contributed by atoms with E-state index in [2.05, 4.69) is 5.10 Å². The van der Waals surface area contributed by atoms with E-state index >= 15 is 0 Å². The second-order valence-corrected chi connectivity index (χ2v) is 7.11. The Hall–Kier alpha value is -2.08. The summed E-state index contributed by atoms with van der Waals surface area (Å²) in [4.78, 5) is 14.6. The fourth-order valence-corrected chi connectivity index (χ4v) is 4.21. The van der Waals surface area contributed by atoms with Crippen LogP contribution < -0.4 is 4.74 Å². The van der Waals surface area contributed by atoms with E-state index in [1.54, 1.807) is 18.3 Å². The van der Waals surface area contributed by atoms with E-state index in [0.717, 1.165) is 25.7 Å². The van der Waals surface area contributed by atoms with Gasteiger partial charge in [0.15, 0.2) is 18.2 Å². The minimum Gasteiger partial charge on any atom is -0.481 e. The van der Waals surface area contributed by atoms with Gasteiger partial charge in [-0.2, -0.15) is 5.10 Å². The lowest BCUT2D eigenvalue weighted by Gasteiger charge is -2.39. The number of piperidine rings is 1. The Kier molecular flexibility index (Phi) is 4.37. The molecule has 2 fully saturated rings. The van der Waals surface area contributed by atoms with Gasteiger partial charge in [0.05, 0.1) is 17.3 Å². The van der Waals surface area contributed by atoms with Gasteiger partial charge in [0.2, 0.25) is 0 Å². The van der Waals surface area contributed by atoms with Crippen LogP contribution in [0.15, 0.2) is 36.7 Å². The van der Waals surface area contributed by atoms with Gasteiger partial charge < -0.3 is 9.64 Å². The van der Waals surface area contributed by atoms with Gasteiger partial charge in [0.1, 0.15) is 0 Å². The predicted molar refractivity (Wildman–Crippen MR) is 91.1 cm³/mol. The summed E-state index contributed by atoms with van der Waals surface area (Å²) in [5.41, 5.74) is 0. The van der Waals surface area contributed by atoms with Gasteiger partial charge in [-0.05, 0) is 37.8 Å². The topological polar surface area (TPSA) is 47.4 Å². The number of carbonyl (C=O) groups excluding carboxylic acids is 1. The van der Waals surface area contributed by atoms with Crippen molar-refractivity contribution >= 4 is 17.5 Å². The van der Waals surface area contributed by atoms with Crippen molar-refractivity contribution in [2.45, 2.75) is 43.8 Å². The third kappa shape index (κ3) is 3.23. The number of aromatic nitrogens is 2. The molecular formula is C18H19ClFN3O2. The van der Waals surface area contributed by atoms with Crippen LogP contribution in [0.25, 0.3) is 0 Å². The van der Waals surface area contributed by atoms with E-state index in [0.29, 0.717) is 5.02 Å². The van der Waals surface area contributed by atoms with Crippen LogP contribution in [0.5, 0.6) is 5.75 Å². The zero-order valence-electron chi connectivity index (χ0n) is 13.6. The van der Waals surface area contributed by atoms with Crippen molar-refractivity contribution < 1.29 is 13.9 Å². The third-order valence-electron chi connectivity index (χ3n) is 5.13. The van der Waals surface area contributed by atoms with E-state index < -0.39 is 5.82 Å². The van der Waals surface area contributed by atoms with E-state index in [1.165, 1.54) is 12.1 Å².